The number of hydrogen-bond donors (Lipinski definition) is 0. The Bertz CT molecular complexity index is 830. The third-order valence-corrected chi connectivity index (χ3v) is 5.01. The molecule has 0 heterocycles. The molecular weight excluding hydrogens is 312 g/mol. The average molecular weight is 338 g/mol. The number of hydrogen-bond acceptors (Lipinski definition) is 0. The molecule has 0 aliphatic rings. The Balaban J connectivity index is 1.80. The lowest BCUT2D eigenvalue weighted by Crippen LogP contribution is -1.98. The summed E-state index contributed by atoms with van der Waals surface area (Å²) in [6.07, 6.45) is 5.71. The van der Waals surface area contributed by atoms with Crippen molar-refractivity contribution < 1.29 is 0 Å². The summed E-state index contributed by atoms with van der Waals surface area (Å²) in [5.74, 6) is 0. The molecule has 0 aromatic heterocycles. The molecule has 0 atom stereocenters. The zero-order valence-electron chi connectivity index (χ0n) is 15.8. The smallest absolute Gasteiger partial charge is 0.00230 e. The highest BCUT2D eigenvalue weighted by atomic mass is 14.1. The summed E-state index contributed by atoms with van der Waals surface area (Å²) in [7, 11) is 0. The topological polar surface area (TPSA) is 0 Å². The van der Waals surface area contributed by atoms with Crippen LogP contribution in [0.15, 0.2) is 73.8 Å². The molecule has 3 rings (SSSR count). The molecule has 0 amide bonds. The fraction of sp³-hybridized carbons (Fsp3) is 0.154. The molecule has 0 saturated carbocycles. The number of benzene rings is 3. The van der Waals surface area contributed by atoms with Gasteiger partial charge in [0.05, 0.1) is 0 Å². The minimum Gasteiger partial charge on any atom is -0.0985 e. The number of rotatable bonds is 6. The van der Waals surface area contributed by atoms with E-state index in [1.54, 1.807) is 0 Å². The van der Waals surface area contributed by atoms with Gasteiger partial charge >= 0.3 is 0 Å². The Hall–Kier alpha value is -2.86. The fourth-order valence-corrected chi connectivity index (χ4v) is 3.30. The van der Waals surface area contributed by atoms with Gasteiger partial charge in [0.2, 0.25) is 0 Å². The second-order valence-corrected chi connectivity index (χ2v) is 6.95. The molecule has 0 saturated heterocycles. The SMILES string of the molecule is C=Cc1ccc(Cc2cc(C)c(Cc3ccc(C=C)cc3)cc2C)cc1. The van der Waals surface area contributed by atoms with E-state index in [1.807, 2.05) is 12.2 Å². The summed E-state index contributed by atoms with van der Waals surface area (Å²) < 4.78 is 0. The van der Waals surface area contributed by atoms with Gasteiger partial charge in [0.15, 0.2) is 0 Å². The Morgan fingerprint density at radius 3 is 1.27 bits per heavy atom. The Morgan fingerprint density at radius 1 is 0.615 bits per heavy atom. The fourth-order valence-electron chi connectivity index (χ4n) is 3.30. The van der Waals surface area contributed by atoms with Crippen LogP contribution in [0.4, 0.5) is 0 Å². The van der Waals surface area contributed by atoms with E-state index in [-0.39, 0.29) is 0 Å². The zero-order chi connectivity index (χ0) is 18.5. The van der Waals surface area contributed by atoms with Crippen molar-refractivity contribution >= 4 is 12.2 Å². The Morgan fingerprint density at radius 2 is 0.962 bits per heavy atom. The number of aryl methyl sites for hydroxylation is 2. The van der Waals surface area contributed by atoms with E-state index in [9.17, 15) is 0 Å². The summed E-state index contributed by atoms with van der Waals surface area (Å²) in [6, 6.07) is 22.0. The monoisotopic (exact) mass is 338 g/mol. The van der Waals surface area contributed by atoms with Gasteiger partial charge in [-0.05, 0) is 71.2 Å². The molecule has 0 spiro atoms. The maximum absolute atomic E-state index is 3.82. The molecule has 0 fully saturated rings. The van der Waals surface area contributed by atoms with Crippen LogP contribution >= 0.6 is 0 Å². The van der Waals surface area contributed by atoms with Crippen molar-refractivity contribution in [1.29, 1.82) is 0 Å². The van der Waals surface area contributed by atoms with Gasteiger partial charge in [-0.15, -0.1) is 0 Å². The van der Waals surface area contributed by atoms with Crippen molar-refractivity contribution in [2.45, 2.75) is 26.7 Å². The Kier molecular flexibility index (Phi) is 5.53. The van der Waals surface area contributed by atoms with Gasteiger partial charge in [-0.25, -0.2) is 0 Å². The predicted octanol–water partition coefficient (Wildman–Crippen LogP) is 6.77. The maximum Gasteiger partial charge on any atom is -0.00230 e. The molecular formula is C26H26. The first kappa shape index (κ1) is 17.9. The van der Waals surface area contributed by atoms with Gasteiger partial charge in [-0.2, -0.15) is 0 Å². The van der Waals surface area contributed by atoms with Gasteiger partial charge in [-0.1, -0.05) is 86.0 Å². The van der Waals surface area contributed by atoms with E-state index >= 15 is 0 Å². The molecule has 0 N–H and O–H groups in total. The highest BCUT2D eigenvalue weighted by Gasteiger charge is 2.07. The van der Waals surface area contributed by atoms with E-state index in [0.717, 1.165) is 12.8 Å². The Labute approximate surface area is 157 Å². The van der Waals surface area contributed by atoms with Gasteiger partial charge in [0.1, 0.15) is 0 Å². The molecule has 3 aromatic rings. The van der Waals surface area contributed by atoms with E-state index in [2.05, 4.69) is 87.7 Å². The summed E-state index contributed by atoms with van der Waals surface area (Å²) in [6.45, 7) is 12.1. The van der Waals surface area contributed by atoms with Crippen molar-refractivity contribution in [3.63, 3.8) is 0 Å². The molecule has 0 heteroatoms. The van der Waals surface area contributed by atoms with Crippen LogP contribution in [-0.4, -0.2) is 0 Å². The first-order valence-electron chi connectivity index (χ1n) is 9.11. The summed E-state index contributed by atoms with van der Waals surface area (Å²) in [5, 5.41) is 0. The molecule has 0 bridgehead atoms. The van der Waals surface area contributed by atoms with E-state index in [4.69, 9.17) is 0 Å². The van der Waals surface area contributed by atoms with Crippen LogP contribution in [0.25, 0.3) is 12.2 Å². The largest absolute Gasteiger partial charge is 0.0985 e. The molecule has 3 aromatic carbocycles. The molecule has 0 aliphatic carbocycles. The first-order chi connectivity index (χ1) is 12.6. The van der Waals surface area contributed by atoms with E-state index in [1.165, 1.54) is 44.5 Å². The van der Waals surface area contributed by atoms with Crippen molar-refractivity contribution in [2.24, 2.45) is 0 Å². The molecule has 26 heavy (non-hydrogen) atoms. The minimum atomic E-state index is 0.971. The van der Waals surface area contributed by atoms with Crippen molar-refractivity contribution in [2.75, 3.05) is 0 Å². The van der Waals surface area contributed by atoms with Crippen molar-refractivity contribution in [3.8, 4) is 0 Å². The van der Waals surface area contributed by atoms with Crippen molar-refractivity contribution in [3.05, 3.63) is 118 Å². The highest BCUT2D eigenvalue weighted by molar-refractivity contribution is 5.49. The van der Waals surface area contributed by atoms with Crippen molar-refractivity contribution in [1.82, 2.24) is 0 Å². The van der Waals surface area contributed by atoms with Crippen LogP contribution in [0.3, 0.4) is 0 Å². The van der Waals surface area contributed by atoms with E-state index in [0.29, 0.717) is 0 Å². The summed E-state index contributed by atoms with van der Waals surface area (Å²) in [5.41, 5.74) is 10.5. The standard InChI is InChI=1S/C26H26/c1-5-21-7-11-23(12-8-21)17-25-15-20(4)26(16-19(25)3)18-24-13-9-22(6-2)10-14-24/h5-16H,1-2,17-18H2,3-4H3. The third kappa shape index (κ3) is 4.21. The lowest BCUT2D eigenvalue weighted by Gasteiger charge is -2.13. The van der Waals surface area contributed by atoms with Crippen LogP contribution in [0.5, 0.6) is 0 Å². The lowest BCUT2D eigenvalue weighted by atomic mass is 9.92. The van der Waals surface area contributed by atoms with E-state index < -0.39 is 0 Å². The van der Waals surface area contributed by atoms with Gasteiger partial charge in [0.25, 0.3) is 0 Å². The minimum absolute atomic E-state index is 0.971. The zero-order valence-corrected chi connectivity index (χ0v) is 15.8. The van der Waals surface area contributed by atoms with Crippen LogP contribution < -0.4 is 0 Å². The van der Waals surface area contributed by atoms with Gasteiger partial charge in [0, 0.05) is 0 Å². The molecule has 0 unspecified atom stereocenters. The summed E-state index contributed by atoms with van der Waals surface area (Å²) in [4.78, 5) is 0. The van der Waals surface area contributed by atoms with Gasteiger partial charge in [-0.3, -0.25) is 0 Å². The highest BCUT2D eigenvalue weighted by Crippen LogP contribution is 2.22. The average Bonchev–Trinajstić information content (AvgIpc) is 2.67. The molecule has 0 radical (unpaired) electrons. The van der Waals surface area contributed by atoms with Crippen LogP contribution in [0.1, 0.15) is 44.5 Å². The molecule has 0 aliphatic heterocycles. The molecule has 0 nitrogen and oxygen atoms in total. The summed E-state index contributed by atoms with van der Waals surface area (Å²) >= 11 is 0. The molecule has 130 valence electrons. The quantitative estimate of drug-likeness (QED) is 0.465. The van der Waals surface area contributed by atoms with Gasteiger partial charge < -0.3 is 0 Å². The maximum atomic E-state index is 3.82. The lowest BCUT2D eigenvalue weighted by molar-refractivity contribution is 1.09. The third-order valence-electron chi connectivity index (χ3n) is 5.01. The van der Waals surface area contributed by atoms with Crippen LogP contribution in [0.2, 0.25) is 0 Å². The first-order valence-corrected chi connectivity index (χ1v) is 9.11. The predicted molar refractivity (Wildman–Crippen MR) is 115 cm³/mol. The van der Waals surface area contributed by atoms with Crippen LogP contribution in [0, 0.1) is 13.8 Å². The second kappa shape index (κ2) is 8.01. The second-order valence-electron chi connectivity index (χ2n) is 6.95. The normalized spacial score (nSPS) is 10.5. The van der Waals surface area contributed by atoms with Crippen LogP contribution in [-0.2, 0) is 12.8 Å².